The summed E-state index contributed by atoms with van der Waals surface area (Å²) in [5.74, 6) is -0.728. The van der Waals surface area contributed by atoms with Crippen LogP contribution < -0.4 is 0 Å². The van der Waals surface area contributed by atoms with Crippen molar-refractivity contribution in [3.63, 3.8) is 0 Å². The maximum absolute atomic E-state index is 13.4. The fraction of sp³-hybridized carbons (Fsp3) is 0.500. The van der Waals surface area contributed by atoms with Crippen LogP contribution in [0, 0.1) is 23.7 Å². The summed E-state index contributed by atoms with van der Waals surface area (Å²) >= 11 is 0. The molecule has 2 aliphatic carbocycles. The molecule has 1 aromatic rings. The van der Waals surface area contributed by atoms with Gasteiger partial charge in [-0.1, -0.05) is 42.5 Å². The highest BCUT2D eigenvalue weighted by atomic mass is 16.5. The highest BCUT2D eigenvalue weighted by Gasteiger charge is 2.61. The molecule has 2 aliphatic heterocycles. The number of imide groups is 1. The number of amides is 3. The van der Waals surface area contributed by atoms with Crippen molar-refractivity contribution < 1.29 is 19.1 Å². The molecule has 0 radical (unpaired) electrons. The first-order valence-corrected chi connectivity index (χ1v) is 10.1. The zero-order chi connectivity index (χ0) is 19.3. The lowest BCUT2D eigenvalue weighted by Gasteiger charge is -2.34. The van der Waals surface area contributed by atoms with Crippen molar-refractivity contribution in [2.75, 3.05) is 26.3 Å². The van der Waals surface area contributed by atoms with Crippen LogP contribution in [0.3, 0.4) is 0 Å². The second-order valence-corrected chi connectivity index (χ2v) is 8.19. The molecule has 0 spiro atoms. The number of likely N-dealkylation sites (tertiary alicyclic amines) is 1. The number of ether oxygens (including phenoxy) is 1. The first-order chi connectivity index (χ1) is 13.6. The third kappa shape index (κ3) is 2.70. The smallest absolute Gasteiger partial charge is 0.246 e. The third-order valence-electron chi connectivity index (χ3n) is 6.70. The number of morpholine rings is 1. The van der Waals surface area contributed by atoms with Crippen molar-refractivity contribution in [3.8, 4) is 0 Å². The molecule has 5 atom stereocenters. The molecule has 1 saturated carbocycles. The fourth-order valence-electron chi connectivity index (χ4n) is 5.35. The highest BCUT2D eigenvalue weighted by molar-refractivity contribution is 6.09. The van der Waals surface area contributed by atoms with Gasteiger partial charge < -0.3 is 9.64 Å². The van der Waals surface area contributed by atoms with E-state index in [4.69, 9.17) is 4.74 Å². The Labute approximate surface area is 164 Å². The summed E-state index contributed by atoms with van der Waals surface area (Å²) in [4.78, 5) is 43.0. The Hall–Kier alpha value is -2.47. The van der Waals surface area contributed by atoms with Crippen molar-refractivity contribution in [1.29, 1.82) is 0 Å². The Bertz CT molecular complexity index is 800. The fourth-order valence-corrected chi connectivity index (χ4v) is 5.35. The van der Waals surface area contributed by atoms with Crippen LogP contribution in [0.1, 0.15) is 12.0 Å². The average Bonchev–Trinajstić information content (AvgIpc) is 3.41. The van der Waals surface area contributed by atoms with Gasteiger partial charge in [-0.05, 0) is 23.8 Å². The summed E-state index contributed by atoms with van der Waals surface area (Å²) in [6.45, 7) is 1.98. The number of benzene rings is 1. The van der Waals surface area contributed by atoms with Crippen LogP contribution in [0.4, 0.5) is 0 Å². The van der Waals surface area contributed by atoms with E-state index in [9.17, 15) is 14.4 Å². The zero-order valence-corrected chi connectivity index (χ0v) is 15.7. The van der Waals surface area contributed by atoms with E-state index in [1.807, 2.05) is 30.3 Å². The van der Waals surface area contributed by atoms with Gasteiger partial charge in [-0.15, -0.1) is 0 Å². The molecule has 2 bridgehead atoms. The molecule has 0 aromatic heterocycles. The summed E-state index contributed by atoms with van der Waals surface area (Å²) in [7, 11) is 0. The Morgan fingerprint density at radius 1 is 1.00 bits per heavy atom. The molecule has 2 heterocycles. The van der Waals surface area contributed by atoms with Crippen LogP contribution in [0.15, 0.2) is 42.5 Å². The van der Waals surface area contributed by atoms with E-state index in [0.717, 1.165) is 12.0 Å². The van der Waals surface area contributed by atoms with Crippen LogP contribution in [0.2, 0.25) is 0 Å². The number of fused-ring (bicyclic) bond motifs is 5. The van der Waals surface area contributed by atoms with E-state index < -0.39 is 6.04 Å². The lowest BCUT2D eigenvalue weighted by atomic mass is 9.85. The molecule has 1 aromatic carbocycles. The van der Waals surface area contributed by atoms with Crippen molar-refractivity contribution in [1.82, 2.24) is 9.80 Å². The molecule has 2 saturated heterocycles. The lowest BCUT2D eigenvalue weighted by Crippen LogP contribution is -2.55. The molecular formula is C22H24N2O4. The Balaban J connectivity index is 1.46. The SMILES string of the molecule is O=C([C@@H](Cc1ccccc1)N1C(=O)[C@@H]2[C@H](C1=O)[C@@H]1C=C[C@@H]2C1)N1CCOCC1. The summed E-state index contributed by atoms with van der Waals surface area (Å²) in [5.41, 5.74) is 0.952. The summed E-state index contributed by atoms with van der Waals surface area (Å²) in [6, 6.07) is 8.86. The van der Waals surface area contributed by atoms with Gasteiger partial charge in [0.2, 0.25) is 17.7 Å². The summed E-state index contributed by atoms with van der Waals surface area (Å²) < 4.78 is 5.36. The maximum Gasteiger partial charge on any atom is 0.246 e. The van der Waals surface area contributed by atoms with Crippen molar-refractivity contribution in [2.45, 2.75) is 18.9 Å². The number of allylic oxidation sites excluding steroid dienone is 2. The van der Waals surface area contributed by atoms with E-state index >= 15 is 0 Å². The Morgan fingerprint density at radius 2 is 1.61 bits per heavy atom. The molecule has 6 nitrogen and oxygen atoms in total. The van der Waals surface area contributed by atoms with Crippen LogP contribution >= 0.6 is 0 Å². The van der Waals surface area contributed by atoms with Gasteiger partial charge >= 0.3 is 0 Å². The largest absolute Gasteiger partial charge is 0.378 e. The second-order valence-electron chi connectivity index (χ2n) is 8.19. The third-order valence-corrected chi connectivity index (χ3v) is 6.70. The summed E-state index contributed by atoms with van der Waals surface area (Å²) in [5, 5.41) is 0. The van der Waals surface area contributed by atoms with E-state index in [1.54, 1.807) is 4.90 Å². The number of carbonyl (C=O) groups excluding carboxylic acids is 3. The lowest BCUT2D eigenvalue weighted by molar-refractivity contribution is -0.154. The van der Waals surface area contributed by atoms with Gasteiger partial charge in [0.1, 0.15) is 6.04 Å². The topological polar surface area (TPSA) is 66.9 Å². The van der Waals surface area contributed by atoms with Gasteiger partial charge in [-0.25, -0.2) is 0 Å². The van der Waals surface area contributed by atoms with E-state index in [0.29, 0.717) is 32.7 Å². The van der Waals surface area contributed by atoms with Crippen molar-refractivity contribution in [2.24, 2.45) is 23.7 Å². The van der Waals surface area contributed by atoms with E-state index in [-0.39, 0.29) is 41.4 Å². The first-order valence-electron chi connectivity index (χ1n) is 10.1. The Kier molecular flexibility index (Phi) is 4.31. The number of rotatable bonds is 4. The van der Waals surface area contributed by atoms with Gasteiger partial charge in [-0.3, -0.25) is 19.3 Å². The minimum absolute atomic E-state index is 0.144. The second kappa shape index (κ2) is 6.85. The highest BCUT2D eigenvalue weighted by Crippen LogP contribution is 2.53. The predicted octanol–water partition coefficient (Wildman–Crippen LogP) is 1.26. The molecule has 28 heavy (non-hydrogen) atoms. The molecule has 146 valence electrons. The van der Waals surface area contributed by atoms with Gasteiger partial charge in [0.05, 0.1) is 25.0 Å². The predicted molar refractivity (Wildman–Crippen MR) is 101 cm³/mol. The minimum Gasteiger partial charge on any atom is -0.378 e. The number of carbonyl (C=O) groups is 3. The molecule has 0 N–H and O–H groups in total. The first kappa shape index (κ1) is 17.6. The van der Waals surface area contributed by atoms with Crippen LogP contribution in [0.25, 0.3) is 0 Å². The number of hydrogen-bond donors (Lipinski definition) is 0. The minimum atomic E-state index is -0.773. The van der Waals surface area contributed by atoms with E-state index in [2.05, 4.69) is 12.2 Å². The van der Waals surface area contributed by atoms with Crippen molar-refractivity contribution in [3.05, 3.63) is 48.0 Å². The zero-order valence-electron chi connectivity index (χ0n) is 15.7. The summed E-state index contributed by atoms with van der Waals surface area (Å²) in [6.07, 6.45) is 5.41. The molecular weight excluding hydrogens is 356 g/mol. The maximum atomic E-state index is 13.4. The Morgan fingerprint density at radius 3 is 2.21 bits per heavy atom. The van der Waals surface area contributed by atoms with Gasteiger partial charge in [-0.2, -0.15) is 0 Å². The molecule has 6 heteroatoms. The molecule has 3 fully saturated rings. The van der Waals surface area contributed by atoms with E-state index in [1.165, 1.54) is 4.90 Å². The molecule has 5 rings (SSSR count). The van der Waals surface area contributed by atoms with Crippen LogP contribution in [-0.2, 0) is 25.5 Å². The van der Waals surface area contributed by atoms with Gasteiger partial charge in [0.15, 0.2) is 0 Å². The molecule has 3 amide bonds. The number of nitrogens with zero attached hydrogens (tertiary/aromatic N) is 2. The number of hydrogen-bond acceptors (Lipinski definition) is 4. The van der Waals surface area contributed by atoms with Crippen molar-refractivity contribution >= 4 is 17.7 Å². The standard InChI is InChI=1S/C22H24N2O4/c25-20(23-8-10-28-11-9-23)17(12-14-4-2-1-3-5-14)24-21(26)18-15-6-7-16(13-15)19(18)22(24)27/h1-7,15-19H,8-13H2/t15-,16-,17-,18-,19+/m1/s1. The monoisotopic (exact) mass is 380 g/mol. The van der Waals surface area contributed by atoms with Gasteiger partial charge in [0, 0.05) is 19.5 Å². The van der Waals surface area contributed by atoms with Crippen LogP contribution in [-0.4, -0.2) is 59.9 Å². The normalized spacial score (nSPS) is 32.1. The molecule has 4 aliphatic rings. The van der Waals surface area contributed by atoms with Gasteiger partial charge in [0.25, 0.3) is 0 Å². The quantitative estimate of drug-likeness (QED) is 0.583. The average molecular weight is 380 g/mol. The van der Waals surface area contributed by atoms with Crippen LogP contribution in [0.5, 0.6) is 0 Å². The molecule has 0 unspecified atom stereocenters.